The van der Waals surface area contributed by atoms with E-state index in [1.807, 2.05) is 7.05 Å². The average molecular weight is 252 g/mol. The van der Waals surface area contributed by atoms with Gasteiger partial charge < -0.3 is 14.8 Å². The van der Waals surface area contributed by atoms with Crippen molar-refractivity contribution in [3.8, 4) is 11.5 Å². The molecule has 0 radical (unpaired) electrons. The van der Waals surface area contributed by atoms with Gasteiger partial charge in [-0.2, -0.15) is 0 Å². The van der Waals surface area contributed by atoms with E-state index in [4.69, 9.17) is 9.47 Å². The van der Waals surface area contributed by atoms with Crippen LogP contribution < -0.4 is 14.8 Å². The van der Waals surface area contributed by atoms with Gasteiger partial charge in [0.1, 0.15) is 11.9 Å². The number of nitrogens with one attached hydrogen (secondary N) is 1. The van der Waals surface area contributed by atoms with E-state index >= 15 is 0 Å². The summed E-state index contributed by atoms with van der Waals surface area (Å²) < 4.78 is 10.6. The minimum atomic E-state index is -0.452. The number of nitrogens with zero attached hydrogens (tertiary/aromatic N) is 1. The summed E-state index contributed by atoms with van der Waals surface area (Å²) in [6.45, 7) is 0. The summed E-state index contributed by atoms with van der Waals surface area (Å²) in [4.78, 5) is 10.5. The Kier molecular flexibility index (Phi) is 3.66. The van der Waals surface area contributed by atoms with Crippen LogP contribution in [0.3, 0.4) is 0 Å². The zero-order valence-electron chi connectivity index (χ0n) is 10.4. The zero-order chi connectivity index (χ0) is 13.1. The van der Waals surface area contributed by atoms with E-state index in [-0.39, 0.29) is 11.8 Å². The van der Waals surface area contributed by atoms with Crippen molar-refractivity contribution in [3.63, 3.8) is 0 Å². The van der Waals surface area contributed by atoms with Crippen LogP contribution in [0.15, 0.2) is 18.2 Å². The highest BCUT2D eigenvalue weighted by Gasteiger charge is 2.31. The van der Waals surface area contributed by atoms with Crippen LogP contribution in [0.4, 0.5) is 5.69 Å². The second-order valence-electron chi connectivity index (χ2n) is 4.29. The fourth-order valence-electron chi connectivity index (χ4n) is 1.94. The van der Waals surface area contributed by atoms with E-state index < -0.39 is 4.92 Å². The molecule has 0 spiro atoms. The predicted octanol–water partition coefficient (Wildman–Crippen LogP) is 1.73. The molecule has 98 valence electrons. The zero-order valence-corrected chi connectivity index (χ0v) is 10.4. The van der Waals surface area contributed by atoms with Gasteiger partial charge in [-0.1, -0.05) is 0 Å². The number of nitro benzene ring substituents is 1. The van der Waals surface area contributed by atoms with Gasteiger partial charge in [-0.15, -0.1) is 0 Å². The molecule has 0 aromatic heterocycles. The van der Waals surface area contributed by atoms with Gasteiger partial charge in [-0.3, -0.25) is 10.1 Å². The van der Waals surface area contributed by atoms with Crippen molar-refractivity contribution in [2.24, 2.45) is 0 Å². The minimum absolute atomic E-state index is 0.0505. The lowest BCUT2D eigenvalue weighted by Gasteiger charge is -2.34. The molecule has 0 atom stereocenters. The number of ether oxygens (including phenoxy) is 2. The summed E-state index contributed by atoms with van der Waals surface area (Å²) in [6, 6.07) is 5.08. The lowest BCUT2D eigenvalue weighted by Crippen LogP contribution is -2.45. The number of rotatable bonds is 5. The van der Waals surface area contributed by atoms with Crippen LogP contribution in [-0.2, 0) is 0 Å². The van der Waals surface area contributed by atoms with E-state index in [0.29, 0.717) is 17.5 Å². The van der Waals surface area contributed by atoms with E-state index in [9.17, 15) is 10.1 Å². The molecule has 6 nitrogen and oxygen atoms in total. The van der Waals surface area contributed by atoms with Crippen molar-refractivity contribution in [1.82, 2.24) is 5.32 Å². The van der Waals surface area contributed by atoms with Crippen molar-refractivity contribution in [1.29, 1.82) is 0 Å². The third kappa shape index (κ3) is 2.53. The quantitative estimate of drug-likeness (QED) is 0.638. The molecule has 2 rings (SSSR count). The predicted molar refractivity (Wildman–Crippen MR) is 66.1 cm³/mol. The van der Waals surface area contributed by atoms with Gasteiger partial charge in [0.25, 0.3) is 0 Å². The van der Waals surface area contributed by atoms with E-state index in [0.717, 1.165) is 12.8 Å². The van der Waals surface area contributed by atoms with E-state index in [1.165, 1.54) is 13.2 Å². The maximum Gasteiger partial charge on any atom is 0.314 e. The van der Waals surface area contributed by atoms with Crippen LogP contribution in [0.25, 0.3) is 0 Å². The Morgan fingerprint density at radius 2 is 2.17 bits per heavy atom. The van der Waals surface area contributed by atoms with Crippen molar-refractivity contribution >= 4 is 5.69 Å². The first-order valence-electron chi connectivity index (χ1n) is 5.80. The molecule has 0 amide bonds. The first kappa shape index (κ1) is 12.6. The molecule has 1 aliphatic carbocycles. The number of nitro groups is 1. The minimum Gasteiger partial charge on any atom is -0.496 e. The Morgan fingerprint density at radius 3 is 2.72 bits per heavy atom. The molecule has 1 aliphatic rings. The van der Waals surface area contributed by atoms with Crippen molar-refractivity contribution in [2.75, 3.05) is 14.2 Å². The van der Waals surface area contributed by atoms with Crippen molar-refractivity contribution in [3.05, 3.63) is 28.3 Å². The lowest BCUT2D eigenvalue weighted by atomic mass is 9.89. The molecule has 0 saturated heterocycles. The second kappa shape index (κ2) is 5.22. The molecule has 6 heteroatoms. The van der Waals surface area contributed by atoms with Gasteiger partial charge >= 0.3 is 5.69 Å². The number of hydrogen-bond acceptors (Lipinski definition) is 5. The lowest BCUT2D eigenvalue weighted by molar-refractivity contribution is -0.386. The average Bonchev–Trinajstić information content (AvgIpc) is 2.33. The topological polar surface area (TPSA) is 73.6 Å². The summed E-state index contributed by atoms with van der Waals surface area (Å²) in [7, 11) is 3.37. The highest BCUT2D eigenvalue weighted by molar-refractivity contribution is 5.51. The van der Waals surface area contributed by atoms with E-state index in [2.05, 4.69) is 5.32 Å². The Labute approximate surface area is 105 Å². The summed E-state index contributed by atoms with van der Waals surface area (Å²) in [5, 5.41) is 14.1. The van der Waals surface area contributed by atoms with Gasteiger partial charge in [0.2, 0.25) is 0 Å². The summed E-state index contributed by atoms with van der Waals surface area (Å²) in [5.41, 5.74) is -0.0535. The third-order valence-electron chi connectivity index (χ3n) is 3.16. The van der Waals surface area contributed by atoms with Crippen LogP contribution in [0, 0.1) is 10.1 Å². The van der Waals surface area contributed by atoms with Crippen molar-refractivity contribution < 1.29 is 14.4 Å². The van der Waals surface area contributed by atoms with E-state index in [1.54, 1.807) is 12.1 Å². The van der Waals surface area contributed by atoms with Gasteiger partial charge in [-0.25, -0.2) is 0 Å². The highest BCUT2D eigenvalue weighted by Crippen LogP contribution is 2.34. The molecule has 1 saturated carbocycles. The first-order chi connectivity index (χ1) is 8.63. The largest absolute Gasteiger partial charge is 0.496 e. The first-order valence-corrected chi connectivity index (χ1v) is 5.80. The molecule has 1 fully saturated rings. The molecule has 18 heavy (non-hydrogen) atoms. The van der Waals surface area contributed by atoms with Gasteiger partial charge in [0.05, 0.1) is 18.1 Å². The molecule has 0 heterocycles. The molecule has 1 aromatic rings. The second-order valence-corrected chi connectivity index (χ2v) is 4.29. The van der Waals surface area contributed by atoms with Crippen LogP contribution >= 0.6 is 0 Å². The molecule has 0 bridgehead atoms. The number of hydrogen-bond donors (Lipinski definition) is 1. The Bertz CT molecular complexity index is 444. The summed E-state index contributed by atoms with van der Waals surface area (Å²) in [5.74, 6) is 0.760. The fraction of sp³-hybridized carbons (Fsp3) is 0.500. The Hall–Kier alpha value is -1.82. The van der Waals surface area contributed by atoms with Crippen LogP contribution in [-0.4, -0.2) is 31.2 Å². The molecule has 0 unspecified atom stereocenters. The summed E-state index contributed by atoms with van der Waals surface area (Å²) in [6.07, 6.45) is 1.80. The van der Waals surface area contributed by atoms with Crippen LogP contribution in [0.5, 0.6) is 11.5 Å². The molecule has 0 aliphatic heterocycles. The SMILES string of the molecule is CNC1CC(Oc2ccc(OC)cc2[N+](=O)[O-])C1. The van der Waals surface area contributed by atoms with Crippen molar-refractivity contribution in [2.45, 2.75) is 25.0 Å². The standard InChI is InChI=1S/C12H16N2O4/c1-13-8-5-10(6-8)18-12-4-3-9(17-2)7-11(12)14(15)16/h3-4,7-8,10,13H,5-6H2,1-2H3. The monoisotopic (exact) mass is 252 g/mol. The molecular weight excluding hydrogens is 236 g/mol. The highest BCUT2D eigenvalue weighted by atomic mass is 16.6. The van der Waals surface area contributed by atoms with Crippen LogP contribution in [0.2, 0.25) is 0 Å². The number of benzene rings is 1. The Morgan fingerprint density at radius 1 is 1.44 bits per heavy atom. The van der Waals surface area contributed by atoms with Crippen LogP contribution in [0.1, 0.15) is 12.8 Å². The fourth-order valence-corrected chi connectivity index (χ4v) is 1.94. The molecule has 1 aromatic carbocycles. The van der Waals surface area contributed by atoms with Gasteiger partial charge in [0, 0.05) is 6.04 Å². The molecule has 1 N–H and O–H groups in total. The summed E-state index contributed by atoms with van der Waals surface area (Å²) >= 11 is 0. The van der Waals surface area contributed by atoms with Gasteiger partial charge in [-0.05, 0) is 32.0 Å². The normalized spacial score (nSPS) is 22.1. The number of methoxy groups -OCH3 is 1. The molecular formula is C12H16N2O4. The van der Waals surface area contributed by atoms with Gasteiger partial charge in [0.15, 0.2) is 5.75 Å². The maximum atomic E-state index is 11.0. The third-order valence-corrected chi connectivity index (χ3v) is 3.16. The maximum absolute atomic E-state index is 11.0. The Balaban J connectivity index is 2.10. The smallest absolute Gasteiger partial charge is 0.314 e.